The van der Waals surface area contributed by atoms with Crippen LogP contribution in [0.15, 0.2) is 24.3 Å². The molecule has 2 rings (SSSR count). The first-order chi connectivity index (χ1) is 8.16. The van der Waals surface area contributed by atoms with E-state index in [-0.39, 0.29) is 0 Å². The van der Waals surface area contributed by atoms with Gasteiger partial charge in [0.2, 0.25) is 0 Å². The molecule has 1 unspecified atom stereocenters. The van der Waals surface area contributed by atoms with Crippen LogP contribution in [0.3, 0.4) is 0 Å². The second kappa shape index (κ2) is 5.65. The fourth-order valence-corrected chi connectivity index (χ4v) is 2.39. The lowest BCUT2D eigenvalue weighted by Crippen LogP contribution is -2.25. The third-order valence-electron chi connectivity index (χ3n) is 3.69. The molecule has 94 valence electrons. The van der Waals surface area contributed by atoms with E-state index in [4.69, 9.17) is 0 Å². The highest BCUT2D eigenvalue weighted by Gasteiger charge is 2.15. The molecule has 2 heteroatoms. The summed E-state index contributed by atoms with van der Waals surface area (Å²) in [6.45, 7) is 7.92. The fourth-order valence-electron chi connectivity index (χ4n) is 2.39. The predicted molar refractivity (Wildman–Crippen MR) is 73.4 cm³/mol. The number of likely N-dealkylation sites (N-methyl/N-ethyl adjacent to an activating group) is 1. The van der Waals surface area contributed by atoms with Crippen molar-refractivity contribution >= 4 is 0 Å². The SMILES string of the molecule is CC(C)c1ccc(C2CCN(C)CCN2)cc1. The van der Waals surface area contributed by atoms with Crippen molar-refractivity contribution in [3.63, 3.8) is 0 Å². The van der Waals surface area contributed by atoms with Crippen molar-refractivity contribution in [2.45, 2.75) is 32.2 Å². The van der Waals surface area contributed by atoms with E-state index in [0.29, 0.717) is 12.0 Å². The Balaban J connectivity index is 2.06. The minimum atomic E-state index is 0.529. The molecule has 0 bridgehead atoms. The Morgan fingerprint density at radius 2 is 1.88 bits per heavy atom. The number of benzene rings is 1. The minimum absolute atomic E-state index is 0.529. The molecular weight excluding hydrogens is 208 g/mol. The van der Waals surface area contributed by atoms with Crippen molar-refractivity contribution in [1.29, 1.82) is 0 Å². The number of hydrogen-bond acceptors (Lipinski definition) is 2. The highest BCUT2D eigenvalue weighted by atomic mass is 15.1. The summed E-state index contributed by atoms with van der Waals surface area (Å²) in [4.78, 5) is 2.40. The Morgan fingerprint density at radius 3 is 2.53 bits per heavy atom. The summed E-state index contributed by atoms with van der Waals surface area (Å²) in [5.74, 6) is 0.622. The van der Waals surface area contributed by atoms with Crippen molar-refractivity contribution in [1.82, 2.24) is 10.2 Å². The van der Waals surface area contributed by atoms with Crippen molar-refractivity contribution in [3.8, 4) is 0 Å². The normalized spacial score (nSPS) is 22.7. The summed E-state index contributed by atoms with van der Waals surface area (Å²) >= 11 is 0. The lowest BCUT2D eigenvalue weighted by atomic mass is 9.98. The monoisotopic (exact) mass is 232 g/mol. The van der Waals surface area contributed by atoms with Gasteiger partial charge < -0.3 is 10.2 Å². The van der Waals surface area contributed by atoms with E-state index in [9.17, 15) is 0 Å². The highest BCUT2D eigenvalue weighted by molar-refractivity contribution is 5.27. The van der Waals surface area contributed by atoms with Crippen molar-refractivity contribution in [2.24, 2.45) is 0 Å². The van der Waals surface area contributed by atoms with Crippen LogP contribution in [0.25, 0.3) is 0 Å². The van der Waals surface area contributed by atoms with E-state index in [1.807, 2.05) is 0 Å². The molecule has 1 saturated heterocycles. The molecular formula is C15H24N2. The Bertz CT molecular complexity index is 342. The lowest BCUT2D eigenvalue weighted by Gasteiger charge is -2.17. The zero-order chi connectivity index (χ0) is 12.3. The van der Waals surface area contributed by atoms with Crippen LogP contribution >= 0.6 is 0 Å². The maximum absolute atomic E-state index is 3.64. The first-order valence-electron chi connectivity index (χ1n) is 6.68. The van der Waals surface area contributed by atoms with Crippen LogP contribution in [-0.4, -0.2) is 31.6 Å². The summed E-state index contributed by atoms with van der Waals surface area (Å²) in [5, 5.41) is 3.64. The lowest BCUT2D eigenvalue weighted by molar-refractivity contribution is 0.355. The van der Waals surface area contributed by atoms with Crippen LogP contribution in [0.4, 0.5) is 0 Å². The van der Waals surface area contributed by atoms with Crippen LogP contribution in [0, 0.1) is 0 Å². The van der Waals surface area contributed by atoms with Crippen molar-refractivity contribution in [2.75, 3.05) is 26.7 Å². The molecule has 0 saturated carbocycles. The van der Waals surface area contributed by atoms with Crippen LogP contribution in [0.1, 0.15) is 43.4 Å². The first-order valence-corrected chi connectivity index (χ1v) is 6.68. The summed E-state index contributed by atoms with van der Waals surface area (Å²) in [6.07, 6.45) is 1.21. The number of nitrogens with one attached hydrogen (secondary N) is 1. The molecule has 17 heavy (non-hydrogen) atoms. The molecule has 0 spiro atoms. The van der Waals surface area contributed by atoms with E-state index in [2.05, 4.69) is 55.4 Å². The standard InChI is InChI=1S/C15H24N2/c1-12(2)13-4-6-14(7-5-13)15-8-10-17(3)11-9-16-15/h4-7,12,15-16H,8-11H2,1-3H3. The summed E-state index contributed by atoms with van der Waals surface area (Å²) < 4.78 is 0. The third kappa shape index (κ3) is 3.30. The number of nitrogens with zero attached hydrogens (tertiary/aromatic N) is 1. The molecule has 2 nitrogen and oxygen atoms in total. The molecule has 0 aromatic heterocycles. The van der Waals surface area contributed by atoms with Crippen LogP contribution < -0.4 is 5.32 Å². The Kier molecular flexibility index (Phi) is 4.19. The third-order valence-corrected chi connectivity index (χ3v) is 3.69. The molecule has 1 aromatic rings. The van der Waals surface area contributed by atoms with Gasteiger partial charge in [0, 0.05) is 19.1 Å². The zero-order valence-electron chi connectivity index (χ0n) is 11.2. The maximum Gasteiger partial charge on any atom is 0.0332 e. The van der Waals surface area contributed by atoms with Gasteiger partial charge in [-0.15, -0.1) is 0 Å². The van der Waals surface area contributed by atoms with Gasteiger partial charge in [0.1, 0.15) is 0 Å². The van der Waals surface area contributed by atoms with Crippen LogP contribution in [0.2, 0.25) is 0 Å². The van der Waals surface area contributed by atoms with Gasteiger partial charge >= 0.3 is 0 Å². The van der Waals surface area contributed by atoms with Gasteiger partial charge in [-0.25, -0.2) is 0 Å². The minimum Gasteiger partial charge on any atom is -0.309 e. The van der Waals surface area contributed by atoms with Crippen LogP contribution in [-0.2, 0) is 0 Å². The van der Waals surface area contributed by atoms with E-state index in [1.165, 1.54) is 24.1 Å². The second-order valence-corrected chi connectivity index (χ2v) is 5.42. The topological polar surface area (TPSA) is 15.3 Å². The number of rotatable bonds is 2. The fraction of sp³-hybridized carbons (Fsp3) is 0.600. The van der Waals surface area contributed by atoms with E-state index >= 15 is 0 Å². The van der Waals surface area contributed by atoms with Gasteiger partial charge in [-0.3, -0.25) is 0 Å². The molecule has 1 heterocycles. The second-order valence-electron chi connectivity index (χ2n) is 5.42. The van der Waals surface area contributed by atoms with Crippen LogP contribution in [0.5, 0.6) is 0 Å². The zero-order valence-corrected chi connectivity index (χ0v) is 11.2. The van der Waals surface area contributed by atoms with E-state index in [1.54, 1.807) is 0 Å². The molecule has 1 aliphatic rings. The molecule has 0 amide bonds. The molecule has 1 N–H and O–H groups in total. The molecule has 0 radical (unpaired) electrons. The van der Waals surface area contributed by atoms with Crippen molar-refractivity contribution in [3.05, 3.63) is 35.4 Å². The first kappa shape index (κ1) is 12.6. The van der Waals surface area contributed by atoms with E-state index in [0.717, 1.165) is 13.1 Å². The van der Waals surface area contributed by atoms with Gasteiger partial charge in [0.05, 0.1) is 0 Å². The number of hydrogen-bond donors (Lipinski definition) is 1. The van der Waals surface area contributed by atoms with Gasteiger partial charge in [-0.2, -0.15) is 0 Å². The van der Waals surface area contributed by atoms with Gasteiger partial charge in [0.25, 0.3) is 0 Å². The molecule has 0 aliphatic carbocycles. The summed E-state index contributed by atoms with van der Waals surface area (Å²) in [5.41, 5.74) is 2.86. The molecule has 1 aromatic carbocycles. The van der Waals surface area contributed by atoms with Crippen molar-refractivity contribution < 1.29 is 0 Å². The maximum atomic E-state index is 3.64. The molecule has 1 aliphatic heterocycles. The van der Waals surface area contributed by atoms with Gasteiger partial charge in [-0.05, 0) is 37.1 Å². The average Bonchev–Trinajstić information content (AvgIpc) is 2.54. The van der Waals surface area contributed by atoms with Gasteiger partial charge in [-0.1, -0.05) is 38.1 Å². The largest absolute Gasteiger partial charge is 0.309 e. The van der Waals surface area contributed by atoms with Gasteiger partial charge in [0.15, 0.2) is 0 Å². The quantitative estimate of drug-likeness (QED) is 0.843. The summed E-state index contributed by atoms with van der Waals surface area (Å²) in [7, 11) is 2.20. The molecule has 1 atom stereocenters. The molecule has 1 fully saturated rings. The smallest absolute Gasteiger partial charge is 0.0332 e. The average molecular weight is 232 g/mol. The Hall–Kier alpha value is -0.860. The highest BCUT2D eigenvalue weighted by Crippen LogP contribution is 2.21. The Labute approximate surface area is 105 Å². The predicted octanol–water partition coefficient (Wildman–Crippen LogP) is 2.78. The van der Waals surface area contributed by atoms with E-state index < -0.39 is 0 Å². The summed E-state index contributed by atoms with van der Waals surface area (Å²) in [6, 6.07) is 9.66. The Morgan fingerprint density at radius 1 is 1.18 bits per heavy atom.